The minimum atomic E-state index is -1.18. The van der Waals surface area contributed by atoms with E-state index in [1.54, 1.807) is 12.1 Å². The van der Waals surface area contributed by atoms with Crippen LogP contribution in [0.1, 0.15) is 38.1 Å². The van der Waals surface area contributed by atoms with Crippen LogP contribution in [0.2, 0.25) is 0 Å². The number of carboxylic acids is 1. The lowest BCUT2D eigenvalue weighted by molar-refractivity contribution is 0.0511. The smallest absolute Gasteiger partial charge is 0.338 e. The number of carbonyl (C=O) groups excluding carboxylic acids is 1. The van der Waals surface area contributed by atoms with Crippen molar-refractivity contribution in [2.24, 2.45) is 0 Å². The maximum atomic E-state index is 12.6. The average Bonchev–Trinajstić information content (AvgIpc) is 3.10. The summed E-state index contributed by atoms with van der Waals surface area (Å²) in [5.74, 6) is -0.755. The third-order valence-electron chi connectivity index (χ3n) is 4.13. The minimum Gasteiger partial charge on any atom is -0.496 e. The van der Waals surface area contributed by atoms with E-state index >= 15 is 0 Å². The molecule has 2 N–H and O–H groups in total. The topological polar surface area (TPSA) is 109 Å². The van der Waals surface area contributed by atoms with Crippen LogP contribution in [0.15, 0.2) is 28.9 Å². The number of ether oxygens (including phenoxy) is 2. The van der Waals surface area contributed by atoms with Gasteiger partial charge in [-0.15, -0.1) is 0 Å². The maximum Gasteiger partial charge on any atom is 0.338 e. The summed E-state index contributed by atoms with van der Waals surface area (Å²) in [6.07, 6.45) is 0.0414. The number of methoxy groups -OCH3 is 2. The first-order valence-corrected chi connectivity index (χ1v) is 7.49. The standard InChI is InChI=1S/C17H17NO7/c1-23-12-3-4-13(24-2)15-10(12)6-18(7-11(15)19)16(20)14-5-9(8-25-14)17(21)22/h3-5,8,11,19H,6-7H2,1-2H3,(H,21,22). The van der Waals surface area contributed by atoms with E-state index in [1.165, 1.54) is 19.1 Å². The van der Waals surface area contributed by atoms with Crippen LogP contribution in [0.5, 0.6) is 11.5 Å². The number of carboxylic acid groups (broad SMARTS) is 1. The fourth-order valence-corrected chi connectivity index (χ4v) is 2.95. The Bertz CT molecular complexity index is 826. The van der Waals surface area contributed by atoms with Crippen LogP contribution >= 0.6 is 0 Å². The van der Waals surface area contributed by atoms with E-state index in [0.717, 1.165) is 12.3 Å². The molecule has 1 amide bonds. The van der Waals surface area contributed by atoms with Gasteiger partial charge >= 0.3 is 5.97 Å². The number of hydrogen-bond acceptors (Lipinski definition) is 6. The van der Waals surface area contributed by atoms with E-state index in [0.29, 0.717) is 22.6 Å². The summed E-state index contributed by atoms with van der Waals surface area (Å²) in [5.41, 5.74) is 1.11. The Morgan fingerprint density at radius 3 is 2.52 bits per heavy atom. The number of benzene rings is 1. The van der Waals surface area contributed by atoms with Gasteiger partial charge in [-0.3, -0.25) is 4.79 Å². The van der Waals surface area contributed by atoms with Crippen molar-refractivity contribution < 1.29 is 33.7 Å². The van der Waals surface area contributed by atoms with Crippen LogP contribution in [0, 0.1) is 0 Å². The highest BCUT2D eigenvalue weighted by Gasteiger charge is 2.33. The largest absolute Gasteiger partial charge is 0.496 e. The molecular formula is C17H17NO7. The van der Waals surface area contributed by atoms with Crippen LogP contribution in [-0.2, 0) is 6.54 Å². The molecular weight excluding hydrogens is 330 g/mol. The Balaban J connectivity index is 1.94. The van der Waals surface area contributed by atoms with Gasteiger partial charge in [0.2, 0.25) is 0 Å². The normalized spacial score (nSPS) is 16.3. The van der Waals surface area contributed by atoms with Crippen molar-refractivity contribution in [2.45, 2.75) is 12.6 Å². The van der Waals surface area contributed by atoms with Crippen molar-refractivity contribution in [3.05, 3.63) is 46.9 Å². The van der Waals surface area contributed by atoms with E-state index in [-0.39, 0.29) is 24.4 Å². The first kappa shape index (κ1) is 16.8. The van der Waals surface area contributed by atoms with Crippen LogP contribution in [0.3, 0.4) is 0 Å². The van der Waals surface area contributed by atoms with E-state index in [1.807, 2.05) is 0 Å². The second-order valence-electron chi connectivity index (χ2n) is 5.57. The zero-order valence-corrected chi connectivity index (χ0v) is 13.7. The van der Waals surface area contributed by atoms with Crippen molar-refractivity contribution in [1.29, 1.82) is 0 Å². The number of fused-ring (bicyclic) bond motifs is 1. The number of amides is 1. The highest BCUT2D eigenvalue weighted by atomic mass is 16.5. The quantitative estimate of drug-likeness (QED) is 0.866. The van der Waals surface area contributed by atoms with Crippen LogP contribution in [0.25, 0.3) is 0 Å². The summed E-state index contributed by atoms with van der Waals surface area (Å²) in [6.45, 7) is 0.202. The zero-order chi connectivity index (χ0) is 18.1. The van der Waals surface area contributed by atoms with Crippen LogP contribution < -0.4 is 9.47 Å². The molecule has 1 aromatic carbocycles. The van der Waals surface area contributed by atoms with Gasteiger partial charge in [-0.1, -0.05) is 0 Å². The lowest BCUT2D eigenvalue weighted by Crippen LogP contribution is -2.38. The Hall–Kier alpha value is -3.00. The van der Waals surface area contributed by atoms with Gasteiger partial charge in [0, 0.05) is 17.2 Å². The molecule has 3 rings (SSSR count). The lowest BCUT2D eigenvalue weighted by atomic mass is 9.95. The molecule has 1 aliphatic heterocycles. The van der Waals surface area contributed by atoms with E-state index < -0.39 is 18.0 Å². The minimum absolute atomic E-state index is 0.0263. The van der Waals surface area contributed by atoms with Gasteiger partial charge < -0.3 is 29.0 Å². The third kappa shape index (κ3) is 2.91. The molecule has 1 aromatic heterocycles. The molecule has 25 heavy (non-hydrogen) atoms. The van der Waals surface area contributed by atoms with Crippen molar-refractivity contribution in [2.75, 3.05) is 20.8 Å². The predicted molar refractivity (Wildman–Crippen MR) is 84.9 cm³/mol. The molecule has 2 aromatic rings. The number of hydrogen-bond donors (Lipinski definition) is 2. The molecule has 0 saturated carbocycles. The Morgan fingerprint density at radius 1 is 1.24 bits per heavy atom. The highest BCUT2D eigenvalue weighted by molar-refractivity contribution is 5.95. The first-order valence-electron chi connectivity index (χ1n) is 7.49. The second-order valence-corrected chi connectivity index (χ2v) is 5.57. The molecule has 0 spiro atoms. The van der Waals surface area contributed by atoms with E-state index in [9.17, 15) is 14.7 Å². The summed E-state index contributed by atoms with van der Waals surface area (Å²) in [7, 11) is 3.00. The number of β-amino-alcohol motifs (C(OH)–C–C–N with tert-alkyl or cyclic N) is 1. The van der Waals surface area contributed by atoms with Gasteiger partial charge in [0.05, 0.1) is 32.9 Å². The van der Waals surface area contributed by atoms with Gasteiger partial charge in [-0.25, -0.2) is 4.79 Å². The third-order valence-corrected chi connectivity index (χ3v) is 4.13. The van der Waals surface area contributed by atoms with Gasteiger partial charge in [0.1, 0.15) is 23.9 Å². The number of aliphatic hydroxyl groups is 1. The second kappa shape index (κ2) is 6.48. The molecule has 2 heterocycles. The van der Waals surface area contributed by atoms with Crippen molar-refractivity contribution in [3.63, 3.8) is 0 Å². The molecule has 1 atom stereocenters. The lowest BCUT2D eigenvalue weighted by Gasteiger charge is -2.33. The zero-order valence-electron chi connectivity index (χ0n) is 13.7. The monoisotopic (exact) mass is 347 g/mol. The molecule has 8 nitrogen and oxygen atoms in total. The number of nitrogens with zero attached hydrogens (tertiary/aromatic N) is 1. The summed E-state index contributed by atoms with van der Waals surface area (Å²) in [5, 5.41) is 19.4. The number of furan rings is 1. The van der Waals surface area contributed by atoms with Gasteiger partial charge in [0.25, 0.3) is 5.91 Å². The van der Waals surface area contributed by atoms with Crippen LogP contribution in [0.4, 0.5) is 0 Å². The SMILES string of the molecule is COc1ccc(OC)c2c1CN(C(=O)c1cc(C(=O)O)co1)CC2O. The van der Waals surface area contributed by atoms with Crippen LogP contribution in [-0.4, -0.2) is 47.8 Å². The molecule has 1 unspecified atom stereocenters. The highest BCUT2D eigenvalue weighted by Crippen LogP contribution is 2.39. The molecule has 0 radical (unpaired) electrons. The maximum absolute atomic E-state index is 12.6. The van der Waals surface area contributed by atoms with Crippen molar-refractivity contribution in [3.8, 4) is 11.5 Å². The molecule has 8 heteroatoms. The summed E-state index contributed by atoms with van der Waals surface area (Å²) < 4.78 is 15.7. The molecule has 0 fully saturated rings. The summed E-state index contributed by atoms with van der Waals surface area (Å²) in [6, 6.07) is 4.56. The van der Waals surface area contributed by atoms with Gasteiger partial charge in [-0.05, 0) is 12.1 Å². The molecule has 1 aliphatic rings. The molecule has 0 bridgehead atoms. The first-order chi connectivity index (χ1) is 12.0. The van der Waals surface area contributed by atoms with Gasteiger partial charge in [-0.2, -0.15) is 0 Å². The van der Waals surface area contributed by atoms with Crippen molar-refractivity contribution in [1.82, 2.24) is 4.90 Å². The summed E-state index contributed by atoms with van der Waals surface area (Å²) >= 11 is 0. The Morgan fingerprint density at radius 2 is 1.92 bits per heavy atom. The summed E-state index contributed by atoms with van der Waals surface area (Å²) in [4.78, 5) is 24.9. The molecule has 0 aliphatic carbocycles. The van der Waals surface area contributed by atoms with E-state index in [2.05, 4.69) is 0 Å². The predicted octanol–water partition coefficient (Wildman–Crippen LogP) is 1.68. The number of rotatable bonds is 4. The number of aromatic carboxylic acids is 1. The van der Waals surface area contributed by atoms with Crippen molar-refractivity contribution >= 4 is 11.9 Å². The molecule has 132 valence electrons. The molecule has 0 saturated heterocycles. The average molecular weight is 347 g/mol. The van der Waals surface area contributed by atoms with E-state index in [4.69, 9.17) is 19.0 Å². The number of aliphatic hydroxyl groups excluding tert-OH is 1. The fourth-order valence-electron chi connectivity index (χ4n) is 2.95. The Labute approximate surface area is 143 Å². The Kier molecular flexibility index (Phi) is 4.37. The number of carbonyl (C=O) groups is 2. The fraction of sp³-hybridized carbons (Fsp3) is 0.294. The van der Waals surface area contributed by atoms with Gasteiger partial charge in [0.15, 0.2) is 5.76 Å².